The van der Waals surface area contributed by atoms with Crippen LogP contribution in [0.2, 0.25) is 0 Å². The smallest absolute Gasteiger partial charge is 0.265 e. The van der Waals surface area contributed by atoms with E-state index >= 15 is 0 Å². The number of benzene rings is 1. The Morgan fingerprint density at radius 2 is 2.35 bits per heavy atom. The number of rotatable bonds is 3. The van der Waals surface area contributed by atoms with Gasteiger partial charge in [0.25, 0.3) is 5.91 Å². The van der Waals surface area contributed by atoms with E-state index in [0.29, 0.717) is 18.0 Å². The second-order valence-electron chi connectivity index (χ2n) is 4.17. The largest absolute Gasteiger partial charge is 0.479 e. The highest BCUT2D eigenvalue weighted by atomic mass is 16.5. The van der Waals surface area contributed by atoms with Gasteiger partial charge in [0.1, 0.15) is 5.75 Å². The third-order valence-corrected chi connectivity index (χ3v) is 2.79. The Kier molecular flexibility index (Phi) is 3.31. The fraction of sp³-hybridized carbons (Fsp3) is 0.417. The van der Waals surface area contributed by atoms with Gasteiger partial charge in [-0.1, -0.05) is 6.07 Å². The molecule has 1 aromatic rings. The molecule has 0 fully saturated rings. The third-order valence-electron chi connectivity index (χ3n) is 2.79. The average molecular weight is 235 g/mol. The predicted molar refractivity (Wildman–Crippen MR) is 66.0 cm³/mol. The van der Waals surface area contributed by atoms with Crippen molar-refractivity contribution in [1.82, 2.24) is 5.32 Å². The van der Waals surface area contributed by atoms with Gasteiger partial charge in [-0.3, -0.25) is 4.79 Å². The first kappa shape index (κ1) is 11.9. The fourth-order valence-electron chi connectivity index (χ4n) is 1.79. The zero-order chi connectivity index (χ0) is 12.4. The Morgan fingerprint density at radius 3 is 3.06 bits per heavy atom. The summed E-state index contributed by atoms with van der Waals surface area (Å²) in [4.78, 5) is 11.5. The molecule has 0 aromatic heterocycles. The zero-order valence-electron chi connectivity index (χ0n) is 9.99. The van der Waals surface area contributed by atoms with Gasteiger partial charge in [0.15, 0.2) is 6.10 Å². The predicted octanol–water partition coefficient (Wildman–Crippen LogP) is 0.625. The van der Waals surface area contributed by atoms with Gasteiger partial charge in [-0.25, -0.2) is 0 Å². The van der Waals surface area contributed by atoms with Crippen molar-refractivity contribution in [3.8, 4) is 5.75 Å². The molecule has 2 atom stereocenters. The molecule has 17 heavy (non-hydrogen) atoms. The molecule has 2 rings (SSSR count). The molecule has 1 aliphatic rings. The van der Waals surface area contributed by atoms with E-state index in [1.165, 1.54) is 0 Å². The highest BCUT2D eigenvalue weighted by molar-refractivity contribution is 5.97. The zero-order valence-corrected chi connectivity index (χ0v) is 9.99. The molecule has 1 heterocycles. The first-order chi connectivity index (χ1) is 8.11. The number of nitrogens with two attached hydrogens (primary N) is 1. The quantitative estimate of drug-likeness (QED) is 0.718. The van der Waals surface area contributed by atoms with E-state index < -0.39 is 6.10 Å². The number of ether oxygens (including phenoxy) is 1. The topological polar surface area (TPSA) is 76.4 Å². The Morgan fingerprint density at radius 1 is 1.59 bits per heavy atom. The number of anilines is 1. The van der Waals surface area contributed by atoms with Crippen molar-refractivity contribution < 1.29 is 9.53 Å². The highest BCUT2D eigenvalue weighted by Gasteiger charge is 2.23. The number of hydrogen-bond acceptors (Lipinski definition) is 4. The number of fused-ring (bicyclic) bond motifs is 1. The molecule has 0 saturated heterocycles. The van der Waals surface area contributed by atoms with Crippen molar-refractivity contribution in [1.29, 1.82) is 0 Å². The Labute approximate surface area is 100 Å². The standard InChI is InChI=1S/C12H17N3O2/c1-7-12(16)15-10-5-8(9(13)6-14-2)3-4-11(10)17-7/h3-5,7,9,14H,6,13H2,1-2H3,(H,15,16). The van der Waals surface area contributed by atoms with E-state index in [9.17, 15) is 4.79 Å². The highest BCUT2D eigenvalue weighted by Crippen LogP contribution is 2.31. The number of carbonyl (C=O) groups excluding carboxylic acids is 1. The minimum Gasteiger partial charge on any atom is -0.479 e. The van der Waals surface area contributed by atoms with Crippen LogP contribution >= 0.6 is 0 Å². The number of nitrogens with one attached hydrogen (secondary N) is 2. The summed E-state index contributed by atoms with van der Waals surface area (Å²) in [5.74, 6) is 0.564. The van der Waals surface area contributed by atoms with Gasteiger partial charge in [0.05, 0.1) is 5.69 Å². The molecule has 1 aliphatic heterocycles. The van der Waals surface area contributed by atoms with Gasteiger partial charge in [-0.2, -0.15) is 0 Å². The minimum absolute atomic E-state index is 0.0958. The molecule has 0 aliphatic carbocycles. The van der Waals surface area contributed by atoms with E-state index in [1.807, 2.05) is 25.2 Å². The van der Waals surface area contributed by atoms with Crippen LogP contribution in [0.3, 0.4) is 0 Å². The van der Waals surface area contributed by atoms with Crippen molar-refractivity contribution >= 4 is 11.6 Å². The first-order valence-electron chi connectivity index (χ1n) is 5.63. The van der Waals surface area contributed by atoms with Crippen LogP contribution in [0.1, 0.15) is 18.5 Å². The summed E-state index contributed by atoms with van der Waals surface area (Å²) in [5.41, 5.74) is 7.65. The minimum atomic E-state index is -0.445. The Bertz CT molecular complexity index is 434. The van der Waals surface area contributed by atoms with Gasteiger partial charge in [-0.15, -0.1) is 0 Å². The number of amides is 1. The summed E-state index contributed by atoms with van der Waals surface area (Å²) >= 11 is 0. The summed E-state index contributed by atoms with van der Waals surface area (Å²) in [6.45, 7) is 2.41. The second kappa shape index (κ2) is 4.73. The normalized spacial score (nSPS) is 20.2. The van der Waals surface area contributed by atoms with E-state index in [2.05, 4.69) is 10.6 Å². The van der Waals surface area contributed by atoms with Gasteiger partial charge in [0, 0.05) is 12.6 Å². The summed E-state index contributed by atoms with van der Waals surface area (Å²) in [6, 6.07) is 5.53. The van der Waals surface area contributed by atoms with Crippen molar-refractivity contribution in [2.45, 2.75) is 19.1 Å². The molecule has 1 amide bonds. The molecule has 92 valence electrons. The lowest BCUT2D eigenvalue weighted by Crippen LogP contribution is -2.34. The second-order valence-corrected chi connectivity index (χ2v) is 4.17. The molecule has 0 saturated carbocycles. The van der Waals surface area contributed by atoms with E-state index in [0.717, 1.165) is 5.56 Å². The lowest BCUT2D eigenvalue weighted by atomic mass is 10.1. The van der Waals surface area contributed by atoms with Crippen LogP contribution < -0.4 is 21.1 Å². The Hall–Kier alpha value is -1.59. The first-order valence-corrected chi connectivity index (χ1v) is 5.63. The van der Waals surface area contributed by atoms with Crippen molar-refractivity contribution in [3.63, 3.8) is 0 Å². The summed E-state index contributed by atoms with van der Waals surface area (Å²) < 4.78 is 5.47. The fourth-order valence-corrected chi connectivity index (χ4v) is 1.79. The monoisotopic (exact) mass is 235 g/mol. The van der Waals surface area contributed by atoms with Gasteiger partial charge >= 0.3 is 0 Å². The van der Waals surface area contributed by atoms with Crippen LogP contribution in [0.15, 0.2) is 18.2 Å². The summed E-state index contributed by atoms with van der Waals surface area (Å²) in [6.07, 6.45) is -0.445. The number of carbonyl (C=O) groups is 1. The maximum atomic E-state index is 11.5. The van der Waals surface area contributed by atoms with Gasteiger partial charge in [-0.05, 0) is 31.7 Å². The third kappa shape index (κ3) is 2.40. The molecule has 0 radical (unpaired) electrons. The van der Waals surface area contributed by atoms with Crippen LogP contribution in [-0.4, -0.2) is 25.6 Å². The van der Waals surface area contributed by atoms with Crippen molar-refractivity contribution in [2.75, 3.05) is 18.9 Å². The molecule has 0 bridgehead atoms. The van der Waals surface area contributed by atoms with E-state index in [1.54, 1.807) is 6.92 Å². The van der Waals surface area contributed by atoms with Gasteiger partial charge in [0.2, 0.25) is 0 Å². The van der Waals surface area contributed by atoms with Crippen LogP contribution in [0, 0.1) is 0 Å². The molecular formula is C12H17N3O2. The number of likely N-dealkylation sites (N-methyl/N-ethyl adjacent to an activating group) is 1. The van der Waals surface area contributed by atoms with Crippen LogP contribution in [0.4, 0.5) is 5.69 Å². The van der Waals surface area contributed by atoms with Crippen LogP contribution in [0.5, 0.6) is 5.75 Å². The summed E-state index contributed by atoms with van der Waals surface area (Å²) in [5, 5.41) is 5.83. The molecular weight excluding hydrogens is 218 g/mol. The molecule has 5 nitrogen and oxygen atoms in total. The summed E-state index contributed by atoms with van der Waals surface area (Å²) in [7, 11) is 1.85. The average Bonchev–Trinajstić information content (AvgIpc) is 2.30. The van der Waals surface area contributed by atoms with Crippen molar-refractivity contribution in [2.24, 2.45) is 5.73 Å². The maximum absolute atomic E-state index is 11.5. The Balaban J connectivity index is 2.25. The lowest BCUT2D eigenvalue weighted by Gasteiger charge is -2.24. The van der Waals surface area contributed by atoms with Gasteiger partial charge < -0.3 is 21.1 Å². The SMILES string of the molecule is CNCC(N)c1ccc2c(c1)NC(=O)C(C)O2. The maximum Gasteiger partial charge on any atom is 0.265 e. The van der Waals surface area contributed by atoms with Crippen LogP contribution in [0.25, 0.3) is 0 Å². The number of hydrogen-bond donors (Lipinski definition) is 3. The molecule has 2 unspecified atom stereocenters. The molecule has 4 N–H and O–H groups in total. The van der Waals surface area contributed by atoms with E-state index in [-0.39, 0.29) is 11.9 Å². The molecule has 5 heteroatoms. The van der Waals surface area contributed by atoms with Crippen LogP contribution in [-0.2, 0) is 4.79 Å². The van der Waals surface area contributed by atoms with Crippen molar-refractivity contribution in [3.05, 3.63) is 23.8 Å². The lowest BCUT2D eigenvalue weighted by molar-refractivity contribution is -0.122. The van der Waals surface area contributed by atoms with E-state index in [4.69, 9.17) is 10.5 Å². The molecule has 1 aromatic carbocycles. The molecule has 0 spiro atoms.